The number of allylic oxidation sites excluding steroid dienone is 1. The summed E-state index contributed by atoms with van der Waals surface area (Å²) in [6, 6.07) is 23.7. The van der Waals surface area contributed by atoms with E-state index in [0.717, 1.165) is 5.56 Å². The third-order valence-corrected chi connectivity index (χ3v) is 6.18. The highest BCUT2D eigenvalue weighted by atomic mass is 16.5. The van der Waals surface area contributed by atoms with Gasteiger partial charge in [-0.1, -0.05) is 61.2 Å². The first-order chi connectivity index (χ1) is 17.5. The molecule has 4 rings (SSSR count). The zero-order valence-electron chi connectivity index (χ0n) is 20.7. The first-order valence-corrected chi connectivity index (χ1v) is 11.8. The number of fused-ring (bicyclic) bond motifs is 1. The highest BCUT2D eigenvalue weighted by Gasteiger charge is 2.29. The van der Waals surface area contributed by atoms with Gasteiger partial charge in [-0.15, -0.1) is 0 Å². The van der Waals surface area contributed by atoms with Crippen LogP contribution in [0.4, 0.5) is 5.69 Å². The molecule has 0 aliphatic rings. The number of ether oxygens (including phenoxy) is 1. The molecule has 1 atom stereocenters. The van der Waals surface area contributed by atoms with Crippen LogP contribution in [0.25, 0.3) is 10.9 Å². The monoisotopic (exact) mass is 479 g/mol. The van der Waals surface area contributed by atoms with Crippen LogP contribution in [-0.4, -0.2) is 22.6 Å². The summed E-state index contributed by atoms with van der Waals surface area (Å²) in [5.74, 6) is 0.934. The molecule has 36 heavy (non-hydrogen) atoms. The fourth-order valence-corrected chi connectivity index (χ4v) is 4.27. The van der Waals surface area contributed by atoms with Gasteiger partial charge >= 0.3 is 0 Å². The van der Waals surface area contributed by atoms with Crippen molar-refractivity contribution in [2.45, 2.75) is 26.4 Å². The van der Waals surface area contributed by atoms with Gasteiger partial charge in [0.2, 0.25) is 0 Å². The number of aromatic nitrogens is 2. The minimum Gasteiger partial charge on any atom is -0.497 e. The van der Waals surface area contributed by atoms with Crippen LogP contribution in [0.3, 0.4) is 0 Å². The van der Waals surface area contributed by atoms with E-state index in [1.165, 1.54) is 6.08 Å². The molecule has 0 aliphatic carbocycles. The molecule has 0 spiro atoms. The van der Waals surface area contributed by atoms with Gasteiger partial charge in [-0.05, 0) is 55.8 Å². The van der Waals surface area contributed by atoms with Crippen LogP contribution < -0.4 is 15.2 Å². The zero-order valence-corrected chi connectivity index (χ0v) is 20.7. The average molecular weight is 480 g/mol. The van der Waals surface area contributed by atoms with Crippen LogP contribution >= 0.6 is 0 Å². The number of hydrogen-bond acceptors (Lipinski definition) is 4. The molecule has 0 bridgehead atoms. The Labute approximate surface area is 210 Å². The van der Waals surface area contributed by atoms with E-state index in [9.17, 15) is 9.59 Å². The normalized spacial score (nSPS) is 12.2. The Bertz CT molecular complexity index is 1470. The number of nitrogens with zero attached hydrogens (tertiary/aromatic N) is 3. The quantitative estimate of drug-likeness (QED) is 0.241. The van der Waals surface area contributed by atoms with Gasteiger partial charge in [-0.3, -0.25) is 19.1 Å². The number of amides is 1. The molecule has 6 nitrogen and oxygen atoms in total. The van der Waals surface area contributed by atoms with Crippen LogP contribution in [0.15, 0.2) is 108 Å². The van der Waals surface area contributed by atoms with Crippen molar-refractivity contribution in [1.82, 2.24) is 9.55 Å². The van der Waals surface area contributed by atoms with Gasteiger partial charge in [0.05, 0.1) is 30.6 Å². The molecular formula is C30H29N3O3. The summed E-state index contributed by atoms with van der Waals surface area (Å²) in [7, 11) is 1.59. The highest BCUT2D eigenvalue weighted by Crippen LogP contribution is 2.30. The third kappa shape index (κ3) is 4.84. The predicted octanol–water partition coefficient (Wildman–Crippen LogP) is 5.68. The van der Waals surface area contributed by atoms with Gasteiger partial charge in [0.15, 0.2) is 0 Å². The number of anilines is 1. The molecule has 3 aromatic carbocycles. The predicted molar refractivity (Wildman–Crippen MR) is 144 cm³/mol. The van der Waals surface area contributed by atoms with E-state index in [0.29, 0.717) is 40.3 Å². The van der Waals surface area contributed by atoms with E-state index < -0.39 is 6.04 Å². The Morgan fingerprint density at radius 1 is 1.06 bits per heavy atom. The number of carbonyl (C=O) groups is 1. The lowest BCUT2D eigenvalue weighted by Gasteiger charge is -2.31. The van der Waals surface area contributed by atoms with Crippen molar-refractivity contribution < 1.29 is 9.53 Å². The van der Waals surface area contributed by atoms with E-state index in [4.69, 9.17) is 9.72 Å². The summed E-state index contributed by atoms with van der Waals surface area (Å²) in [6.45, 7) is 7.83. The van der Waals surface area contributed by atoms with E-state index in [-0.39, 0.29) is 11.5 Å². The lowest BCUT2D eigenvalue weighted by molar-refractivity contribution is -0.115. The molecule has 182 valence electrons. The molecule has 1 amide bonds. The van der Waals surface area contributed by atoms with E-state index >= 15 is 0 Å². The molecule has 0 radical (unpaired) electrons. The number of hydrogen-bond donors (Lipinski definition) is 0. The smallest absolute Gasteiger partial charge is 0.261 e. The summed E-state index contributed by atoms with van der Waals surface area (Å²) in [5, 5.41) is 0.534. The van der Waals surface area contributed by atoms with Crippen LogP contribution in [-0.2, 0) is 11.3 Å². The maximum atomic E-state index is 13.7. The number of benzene rings is 3. The maximum absolute atomic E-state index is 13.7. The molecule has 1 heterocycles. The minimum atomic E-state index is -0.568. The topological polar surface area (TPSA) is 64.4 Å². The summed E-state index contributed by atoms with van der Waals surface area (Å²) >= 11 is 0. The van der Waals surface area contributed by atoms with Crippen LogP contribution in [0.1, 0.15) is 31.3 Å². The fourth-order valence-electron chi connectivity index (χ4n) is 4.27. The molecule has 4 aromatic rings. The number of para-hydroxylation sites is 1. The molecule has 0 aliphatic heterocycles. The number of methoxy groups -OCH3 is 1. The standard InChI is InChI=1S/C30H29N3O3/c1-5-23(6-2)29(34)33(24-16-18-25(36-4)19-17-24)21(3)28-31-27-15-11-10-14-26(27)30(35)32(28)20-22-12-8-7-9-13-22/h5-19,21H,1,20H2,2-4H3/b23-6+. The third-order valence-electron chi connectivity index (χ3n) is 6.18. The van der Waals surface area contributed by atoms with E-state index in [2.05, 4.69) is 6.58 Å². The van der Waals surface area contributed by atoms with Crippen LogP contribution in [0, 0.1) is 0 Å². The van der Waals surface area contributed by atoms with Gasteiger partial charge in [0, 0.05) is 11.3 Å². The summed E-state index contributed by atoms with van der Waals surface area (Å²) < 4.78 is 6.97. The fraction of sp³-hybridized carbons (Fsp3) is 0.167. The second-order valence-corrected chi connectivity index (χ2v) is 8.36. The van der Waals surface area contributed by atoms with Gasteiger partial charge in [-0.25, -0.2) is 4.98 Å². The summed E-state index contributed by atoms with van der Waals surface area (Å²) in [6.07, 6.45) is 3.26. The maximum Gasteiger partial charge on any atom is 0.261 e. The molecular weight excluding hydrogens is 450 g/mol. The van der Waals surface area contributed by atoms with Crippen molar-refractivity contribution in [2.75, 3.05) is 12.0 Å². The first-order valence-electron chi connectivity index (χ1n) is 11.8. The van der Waals surface area contributed by atoms with Gasteiger partial charge in [0.1, 0.15) is 11.6 Å². The Morgan fingerprint density at radius 2 is 1.72 bits per heavy atom. The molecule has 0 N–H and O–H groups in total. The molecule has 0 fully saturated rings. The number of carbonyl (C=O) groups excluding carboxylic acids is 1. The van der Waals surface area contributed by atoms with Crippen molar-refractivity contribution in [3.05, 3.63) is 125 Å². The highest BCUT2D eigenvalue weighted by molar-refractivity contribution is 6.07. The van der Waals surface area contributed by atoms with Crippen molar-refractivity contribution in [1.29, 1.82) is 0 Å². The lowest BCUT2D eigenvalue weighted by atomic mass is 10.1. The second-order valence-electron chi connectivity index (χ2n) is 8.36. The number of rotatable bonds is 8. The summed E-state index contributed by atoms with van der Waals surface area (Å²) in [4.78, 5) is 34.0. The van der Waals surface area contributed by atoms with Crippen molar-refractivity contribution in [3.63, 3.8) is 0 Å². The second kappa shape index (κ2) is 10.9. The molecule has 1 aromatic heterocycles. The Kier molecular flexibility index (Phi) is 7.44. The van der Waals surface area contributed by atoms with Gasteiger partial charge < -0.3 is 4.74 Å². The molecule has 0 saturated carbocycles. The largest absolute Gasteiger partial charge is 0.497 e. The minimum absolute atomic E-state index is 0.150. The van der Waals surface area contributed by atoms with E-state index in [1.54, 1.807) is 47.8 Å². The molecule has 6 heteroatoms. The SMILES string of the molecule is C=C/C(=C\C)C(=O)N(c1ccc(OC)cc1)C(C)c1nc2ccccc2c(=O)n1Cc1ccccc1. The Morgan fingerprint density at radius 3 is 2.36 bits per heavy atom. The Balaban J connectivity index is 1.93. The summed E-state index contributed by atoms with van der Waals surface area (Å²) in [5.41, 5.74) is 2.51. The van der Waals surface area contributed by atoms with Gasteiger partial charge in [-0.2, -0.15) is 0 Å². The van der Waals surface area contributed by atoms with Crippen molar-refractivity contribution >= 4 is 22.5 Å². The van der Waals surface area contributed by atoms with E-state index in [1.807, 2.05) is 67.6 Å². The van der Waals surface area contributed by atoms with Crippen molar-refractivity contribution in [3.8, 4) is 5.75 Å². The van der Waals surface area contributed by atoms with Crippen LogP contribution in [0.5, 0.6) is 5.75 Å². The first kappa shape index (κ1) is 24.7. The average Bonchev–Trinajstić information content (AvgIpc) is 2.92. The molecule has 1 unspecified atom stereocenters. The van der Waals surface area contributed by atoms with Gasteiger partial charge in [0.25, 0.3) is 11.5 Å². The Hall–Kier alpha value is -4.45. The van der Waals surface area contributed by atoms with Crippen molar-refractivity contribution in [2.24, 2.45) is 0 Å². The lowest BCUT2D eigenvalue weighted by Crippen LogP contribution is -2.38. The molecule has 0 saturated heterocycles. The van der Waals surface area contributed by atoms with Crippen LogP contribution in [0.2, 0.25) is 0 Å². The zero-order chi connectivity index (χ0) is 25.7.